The van der Waals surface area contributed by atoms with Crippen LogP contribution in [0, 0.1) is 0 Å². The maximum Gasteiger partial charge on any atom is 0.236 e. The summed E-state index contributed by atoms with van der Waals surface area (Å²) in [7, 11) is 1.68. The van der Waals surface area contributed by atoms with Crippen molar-refractivity contribution in [3.05, 3.63) is 21.9 Å². The summed E-state index contributed by atoms with van der Waals surface area (Å²) in [5.41, 5.74) is 1.40. The van der Waals surface area contributed by atoms with Crippen LogP contribution in [0.15, 0.2) is 11.4 Å². The lowest BCUT2D eigenvalue weighted by Gasteiger charge is -2.26. The lowest BCUT2D eigenvalue weighted by atomic mass is 9.93. The monoisotopic (exact) mass is 238 g/mol. The van der Waals surface area contributed by atoms with Crippen molar-refractivity contribution >= 4 is 17.2 Å². The standard InChI is InChI=1S/C12H18N2OS/c1-8(12(15)13-2)14-10-4-3-5-11-9(10)6-7-16-11/h6-8,10,14H,3-5H2,1-2H3,(H,13,15). The van der Waals surface area contributed by atoms with Crippen LogP contribution in [0.5, 0.6) is 0 Å². The summed E-state index contributed by atoms with van der Waals surface area (Å²) in [6.45, 7) is 1.92. The minimum Gasteiger partial charge on any atom is -0.358 e. The summed E-state index contributed by atoms with van der Waals surface area (Å²) in [5.74, 6) is 0.0577. The second-order valence-corrected chi connectivity index (χ2v) is 5.25. The van der Waals surface area contributed by atoms with Crippen molar-refractivity contribution in [2.24, 2.45) is 0 Å². The van der Waals surface area contributed by atoms with Gasteiger partial charge in [-0.15, -0.1) is 11.3 Å². The molecule has 88 valence electrons. The number of hydrogen-bond acceptors (Lipinski definition) is 3. The summed E-state index contributed by atoms with van der Waals surface area (Å²) in [4.78, 5) is 12.9. The quantitative estimate of drug-likeness (QED) is 0.844. The molecule has 1 amide bonds. The van der Waals surface area contributed by atoms with E-state index in [1.54, 1.807) is 7.05 Å². The lowest BCUT2D eigenvalue weighted by molar-refractivity contribution is -0.122. The van der Waals surface area contributed by atoms with Gasteiger partial charge in [-0.25, -0.2) is 0 Å². The van der Waals surface area contributed by atoms with E-state index in [-0.39, 0.29) is 11.9 Å². The van der Waals surface area contributed by atoms with Crippen LogP contribution in [0.25, 0.3) is 0 Å². The lowest BCUT2D eigenvalue weighted by Crippen LogP contribution is -2.42. The largest absolute Gasteiger partial charge is 0.358 e. The molecule has 2 N–H and O–H groups in total. The molecular weight excluding hydrogens is 220 g/mol. The van der Waals surface area contributed by atoms with E-state index in [1.165, 1.54) is 23.3 Å². The highest BCUT2D eigenvalue weighted by Gasteiger charge is 2.24. The van der Waals surface area contributed by atoms with Gasteiger partial charge in [0.05, 0.1) is 6.04 Å². The van der Waals surface area contributed by atoms with E-state index in [0.29, 0.717) is 6.04 Å². The van der Waals surface area contributed by atoms with Gasteiger partial charge in [-0.1, -0.05) is 0 Å². The Morgan fingerprint density at radius 2 is 2.44 bits per heavy atom. The number of likely N-dealkylation sites (N-methyl/N-ethyl adjacent to an activating group) is 1. The maximum absolute atomic E-state index is 11.5. The van der Waals surface area contributed by atoms with Gasteiger partial charge in [0.25, 0.3) is 0 Å². The molecule has 0 fully saturated rings. The molecule has 0 bridgehead atoms. The van der Waals surface area contributed by atoms with Gasteiger partial charge in [0, 0.05) is 18.0 Å². The third kappa shape index (κ3) is 2.28. The molecule has 0 aliphatic heterocycles. The van der Waals surface area contributed by atoms with E-state index in [9.17, 15) is 4.79 Å². The molecule has 3 nitrogen and oxygen atoms in total. The number of carbonyl (C=O) groups is 1. The fraction of sp³-hybridized carbons (Fsp3) is 0.583. The maximum atomic E-state index is 11.5. The van der Waals surface area contributed by atoms with E-state index in [2.05, 4.69) is 22.1 Å². The zero-order valence-electron chi connectivity index (χ0n) is 9.75. The van der Waals surface area contributed by atoms with Crippen LogP contribution in [0.3, 0.4) is 0 Å². The van der Waals surface area contributed by atoms with Crippen molar-refractivity contribution in [2.75, 3.05) is 7.05 Å². The zero-order chi connectivity index (χ0) is 11.5. The topological polar surface area (TPSA) is 41.1 Å². The molecule has 0 saturated carbocycles. The fourth-order valence-electron chi connectivity index (χ4n) is 2.25. The van der Waals surface area contributed by atoms with Crippen molar-refractivity contribution in [3.63, 3.8) is 0 Å². The van der Waals surface area contributed by atoms with Crippen molar-refractivity contribution in [1.82, 2.24) is 10.6 Å². The molecule has 4 heteroatoms. The Labute approximate surface area is 100 Å². The smallest absolute Gasteiger partial charge is 0.236 e. The molecule has 2 unspecified atom stereocenters. The normalized spacial score (nSPS) is 21.2. The molecule has 1 aliphatic rings. The minimum absolute atomic E-state index is 0.0577. The summed E-state index contributed by atoms with van der Waals surface area (Å²) in [6.07, 6.45) is 3.54. The van der Waals surface area contributed by atoms with Crippen LogP contribution in [0.1, 0.15) is 36.2 Å². The average molecular weight is 238 g/mol. The first-order valence-corrected chi connectivity index (χ1v) is 6.64. The number of carbonyl (C=O) groups excluding carboxylic acids is 1. The van der Waals surface area contributed by atoms with Crippen LogP contribution >= 0.6 is 11.3 Å². The fourth-order valence-corrected chi connectivity index (χ4v) is 3.24. The van der Waals surface area contributed by atoms with Crippen molar-refractivity contribution < 1.29 is 4.79 Å². The number of amides is 1. The Morgan fingerprint density at radius 1 is 1.62 bits per heavy atom. The molecular formula is C12H18N2OS. The number of thiophene rings is 1. The highest BCUT2D eigenvalue weighted by atomic mass is 32.1. The van der Waals surface area contributed by atoms with E-state index in [4.69, 9.17) is 0 Å². The average Bonchev–Trinajstić information content (AvgIpc) is 2.77. The molecule has 1 aromatic rings. The van der Waals surface area contributed by atoms with Gasteiger partial charge >= 0.3 is 0 Å². The summed E-state index contributed by atoms with van der Waals surface area (Å²) in [6, 6.07) is 2.41. The molecule has 2 atom stereocenters. The molecule has 0 saturated heterocycles. The highest BCUT2D eigenvalue weighted by molar-refractivity contribution is 7.10. The number of nitrogens with one attached hydrogen (secondary N) is 2. The van der Waals surface area contributed by atoms with E-state index < -0.39 is 0 Å². The summed E-state index contributed by atoms with van der Waals surface area (Å²) in [5, 5.41) is 8.23. The SMILES string of the molecule is CNC(=O)C(C)NC1CCCc2sccc21. The minimum atomic E-state index is -0.124. The van der Waals surface area contributed by atoms with Crippen LogP contribution in [0.4, 0.5) is 0 Å². The predicted octanol–water partition coefficient (Wildman–Crippen LogP) is 1.85. The molecule has 16 heavy (non-hydrogen) atoms. The van der Waals surface area contributed by atoms with Gasteiger partial charge in [-0.05, 0) is 43.2 Å². The molecule has 1 heterocycles. The van der Waals surface area contributed by atoms with Gasteiger partial charge in [0.1, 0.15) is 0 Å². The molecule has 0 aromatic carbocycles. The van der Waals surface area contributed by atoms with Gasteiger partial charge < -0.3 is 5.32 Å². The first-order valence-electron chi connectivity index (χ1n) is 5.76. The van der Waals surface area contributed by atoms with Crippen LogP contribution < -0.4 is 10.6 Å². The second-order valence-electron chi connectivity index (χ2n) is 4.25. The Balaban J connectivity index is 2.05. The predicted molar refractivity (Wildman–Crippen MR) is 66.7 cm³/mol. The Bertz CT molecular complexity index is 375. The number of fused-ring (bicyclic) bond motifs is 1. The summed E-state index contributed by atoms with van der Waals surface area (Å²) < 4.78 is 0. The molecule has 2 rings (SSSR count). The van der Waals surface area contributed by atoms with Crippen molar-refractivity contribution in [2.45, 2.75) is 38.3 Å². The van der Waals surface area contributed by atoms with E-state index in [0.717, 1.165) is 6.42 Å². The van der Waals surface area contributed by atoms with Crippen LogP contribution in [-0.4, -0.2) is 19.0 Å². The molecule has 0 radical (unpaired) electrons. The molecule has 1 aromatic heterocycles. The van der Waals surface area contributed by atoms with Gasteiger partial charge in [0.15, 0.2) is 0 Å². The van der Waals surface area contributed by atoms with E-state index >= 15 is 0 Å². The Hall–Kier alpha value is -0.870. The second kappa shape index (κ2) is 4.97. The molecule has 1 aliphatic carbocycles. The summed E-state index contributed by atoms with van der Waals surface area (Å²) >= 11 is 1.83. The van der Waals surface area contributed by atoms with Crippen molar-refractivity contribution in [1.29, 1.82) is 0 Å². The van der Waals surface area contributed by atoms with Gasteiger partial charge in [0.2, 0.25) is 5.91 Å². The first-order chi connectivity index (χ1) is 7.72. The van der Waals surface area contributed by atoms with Crippen LogP contribution in [0.2, 0.25) is 0 Å². The van der Waals surface area contributed by atoms with Gasteiger partial charge in [-0.2, -0.15) is 0 Å². The zero-order valence-corrected chi connectivity index (χ0v) is 10.6. The molecule has 0 spiro atoms. The highest BCUT2D eigenvalue weighted by Crippen LogP contribution is 2.33. The van der Waals surface area contributed by atoms with E-state index in [1.807, 2.05) is 18.3 Å². The third-order valence-electron chi connectivity index (χ3n) is 3.14. The Kier molecular flexibility index (Phi) is 3.61. The Morgan fingerprint density at radius 3 is 3.19 bits per heavy atom. The van der Waals surface area contributed by atoms with Crippen molar-refractivity contribution in [3.8, 4) is 0 Å². The van der Waals surface area contributed by atoms with Gasteiger partial charge in [-0.3, -0.25) is 10.1 Å². The van der Waals surface area contributed by atoms with Crippen LogP contribution in [-0.2, 0) is 11.2 Å². The number of rotatable bonds is 3. The number of hydrogen-bond donors (Lipinski definition) is 2. The first kappa shape index (κ1) is 11.6. The number of aryl methyl sites for hydroxylation is 1. The third-order valence-corrected chi connectivity index (χ3v) is 4.14.